The highest BCUT2D eigenvalue weighted by molar-refractivity contribution is 5.76. The van der Waals surface area contributed by atoms with Crippen molar-refractivity contribution in [1.29, 1.82) is 0 Å². The number of nitrogens with one attached hydrogen (secondary N) is 1. The summed E-state index contributed by atoms with van der Waals surface area (Å²) in [4.78, 5) is 24.6. The number of carbonyl (C=O) groups excluding carboxylic acids is 2. The van der Waals surface area contributed by atoms with Gasteiger partial charge in [-0.3, -0.25) is 9.59 Å². The average molecular weight is 1070 g/mol. The quantitative estimate of drug-likeness (QED) is 0.0320. The van der Waals surface area contributed by atoms with E-state index in [1.165, 1.54) is 289 Å². The van der Waals surface area contributed by atoms with Crippen molar-refractivity contribution in [2.45, 2.75) is 386 Å². The maximum absolute atomic E-state index is 12.5. The van der Waals surface area contributed by atoms with Gasteiger partial charge < -0.3 is 20.3 Å². The van der Waals surface area contributed by atoms with Gasteiger partial charge in [-0.1, -0.05) is 314 Å². The molecular weight excluding hydrogens is 935 g/mol. The highest BCUT2D eigenvalue weighted by Gasteiger charge is 2.20. The Morgan fingerprint density at radius 2 is 0.658 bits per heavy atom. The van der Waals surface area contributed by atoms with Gasteiger partial charge in [-0.15, -0.1) is 0 Å². The molecular formula is C70H133NO5. The lowest BCUT2D eigenvalue weighted by molar-refractivity contribution is -0.143. The van der Waals surface area contributed by atoms with Crippen LogP contribution in [0, 0.1) is 0 Å². The minimum atomic E-state index is -0.667. The van der Waals surface area contributed by atoms with E-state index in [4.69, 9.17) is 4.74 Å². The molecule has 76 heavy (non-hydrogen) atoms. The number of hydrogen-bond donors (Lipinski definition) is 3. The topological polar surface area (TPSA) is 95.9 Å². The van der Waals surface area contributed by atoms with Gasteiger partial charge in [0.1, 0.15) is 0 Å². The maximum Gasteiger partial charge on any atom is 0.305 e. The Kier molecular flexibility index (Phi) is 63.9. The molecule has 0 saturated carbocycles. The minimum absolute atomic E-state index is 0.00362. The molecule has 0 rings (SSSR count). The van der Waals surface area contributed by atoms with E-state index in [2.05, 4.69) is 55.6 Å². The summed E-state index contributed by atoms with van der Waals surface area (Å²) in [7, 11) is 0. The van der Waals surface area contributed by atoms with Gasteiger partial charge in [0.25, 0.3) is 0 Å². The third kappa shape index (κ3) is 61.3. The normalized spacial score (nSPS) is 12.7. The largest absolute Gasteiger partial charge is 0.466 e. The van der Waals surface area contributed by atoms with Crippen molar-refractivity contribution >= 4 is 11.9 Å². The molecule has 0 aromatic heterocycles. The molecule has 6 heteroatoms. The number of esters is 1. The maximum atomic E-state index is 12.5. The number of amides is 1. The van der Waals surface area contributed by atoms with Crippen LogP contribution in [-0.4, -0.2) is 47.4 Å². The van der Waals surface area contributed by atoms with Crippen LogP contribution >= 0.6 is 0 Å². The van der Waals surface area contributed by atoms with Crippen LogP contribution in [0.3, 0.4) is 0 Å². The second-order valence-electron chi connectivity index (χ2n) is 23.5. The van der Waals surface area contributed by atoms with Crippen LogP contribution in [0.1, 0.15) is 373 Å². The van der Waals surface area contributed by atoms with Gasteiger partial charge >= 0.3 is 5.97 Å². The first-order chi connectivity index (χ1) is 37.5. The molecule has 0 fully saturated rings. The molecule has 0 spiro atoms. The summed E-state index contributed by atoms with van der Waals surface area (Å²) < 4.78 is 5.49. The van der Waals surface area contributed by atoms with Gasteiger partial charge in [0.2, 0.25) is 5.91 Å². The Balaban J connectivity index is 3.41. The number of allylic oxidation sites excluding steroid dienone is 6. The fourth-order valence-corrected chi connectivity index (χ4v) is 10.7. The number of aliphatic hydroxyl groups is 2. The summed E-state index contributed by atoms with van der Waals surface area (Å²) in [5.41, 5.74) is 0. The number of rotatable bonds is 64. The third-order valence-corrected chi connectivity index (χ3v) is 15.9. The zero-order valence-electron chi connectivity index (χ0n) is 51.3. The van der Waals surface area contributed by atoms with Crippen LogP contribution in [0.4, 0.5) is 0 Å². The number of hydrogen-bond acceptors (Lipinski definition) is 5. The van der Waals surface area contributed by atoms with Crippen molar-refractivity contribution in [3.05, 3.63) is 36.5 Å². The van der Waals surface area contributed by atoms with Crippen molar-refractivity contribution < 1.29 is 24.5 Å². The van der Waals surface area contributed by atoms with Crippen LogP contribution in [-0.2, 0) is 14.3 Å². The van der Waals surface area contributed by atoms with Crippen LogP contribution in [0.2, 0.25) is 0 Å². The van der Waals surface area contributed by atoms with E-state index < -0.39 is 12.1 Å². The Labute approximate surface area is 474 Å². The van der Waals surface area contributed by atoms with E-state index in [9.17, 15) is 19.8 Å². The summed E-state index contributed by atoms with van der Waals surface area (Å²) in [5.74, 6) is -0.0322. The Morgan fingerprint density at radius 1 is 0.368 bits per heavy atom. The first-order valence-electron chi connectivity index (χ1n) is 34.2. The van der Waals surface area contributed by atoms with Gasteiger partial charge in [-0.25, -0.2) is 0 Å². The monoisotopic (exact) mass is 1070 g/mol. The molecule has 1 amide bonds. The molecule has 0 aliphatic rings. The predicted molar refractivity (Wildman–Crippen MR) is 333 cm³/mol. The zero-order chi connectivity index (χ0) is 55.0. The smallest absolute Gasteiger partial charge is 0.305 e. The van der Waals surface area contributed by atoms with Crippen LogP contribution in [0.25, 0.3) is 0 Å². The molecule has 0 heterocycles. The fourth-order valence-electron chi connectivity index (χ4n) is 10.7. The van der Waals surface area contributed by atoms with Crippen molar-refractivity contribution in [3.8, 4) is 0 Å². The van der Waals surface area contributed by atoms with E-state index in [1.54, 1.807) is 0 Å². The molecule has 6 nitrogen and oxygen atoms in total. The molecule has 0 radical (unpaired) electrons. The fraction of sp³-hybridized carbons (Fsp3) is 0.886. The van der Waals surface area contributed by atoms with Crippen LogP contribution < -0.4 is 5.32 Å². The summed E-state index contributed by atoms with van der Waals surface area (Å²) in [5, 5.41) is 23.3. The van der Waals surface area contributed by atoms with E-state index in [-0.39, 0.29) is 18.5 Å². The van der Waals surface area contributed by atoms with Crippen molar-refractivity contribution in [2.75, 3.05) is 13.2 Å². The van der Waals surface area contributed by atoms with E-state index in [1.807, 2.05) is 0 Å². The Bertz CT molecular complexity index is 1230. The lowest BCUT2D eigenvalue weighted by atomic mass is 10.0. The lowest BCUT2D eigenvalue weighted by Gasteiger charge is -2.22. The molecule has 0 aromatic carbocycles. The van der Waals surface area contributed by atoms with E-state index >= 15 is 0 Å². The molecule has 2 atom stereocenters. The molecule has 0 aromatic rings. The first kappa shape index (κ1) is 74.1. The summed E-state index contributed by atoms with van der Waals surface area (Å²) in [6, 6.07) is -0.544. The molecule has 2 unspecified atom stereocenters. The van der Waals surface area contributed by atoms with Gasteiger partial charge in [-0.05, 0) is 83.5 Å². The Hall–Kier alpha value is -1.92. The average Bonchev–Trinajstić information content (AvgIpc) is 3.42. The molecule has 0 aliphatic carbocycles. The Morgan fingerprint density at radius 3 is 1.01 bits per heavy atom. The second kappa shape index (κ2) is 65.6. The highest BCUT2D eigenvalue weighted by atomic mass is 16.5. The number of ether oxygens (including phenoxy) is 1. The van der Waals surface area contributed by atoms with Gasteiger partial charge in [0.15, 0.2) is 0 Å². The summed E-state index contributed by atoms with van der Waals surface area (Å²) in [6.07, 6.45) is 83.2. The summed E-state index contributed by atoms with van der Waals surface area (Å²) in [6.45, 7) is 4.97. The molecule has 0 bridgehead atoms. The number of unbranched alkanes of at least 4 members (excludes halogenated alkanes) is 47. The van der Waals surface area contributed by atoms with Crippen LogP contribution in [0.5, 0.6) is 0 Å². The van der Waals surface area contributed by atoms with E-state index in [0.717, 1.165) is 51.4 Å². The van der Waals surface area contributed by atoms with Crippen molar-refractivity contribution in [2.24, 2.45) is 0 Å². The predicted octanol–water partition coefficient (Wildman–Crippen LogP) is 21.9. The molecule has 0 saturated heterocycles. The van der Waals surface area contributed by atoms with Gasteiger partial charge in [0, 0.05) is 12.8 Å². The van der Waals surface area contributed by atoms with Gasteiger partial charge in [0.05, 0.1) is 25.4 Å². The highest BCUT2D eigenvalue weighted by Crippen LogP contribution is 2.18. The molecule has 3 N–H and O–H groups in total. The first-order valence-corrected chi connectivity index (χ1v) is 34.2. The van der Waals surface area contributed by atoms with Gasteiger partial charge in [-0.2, -0.15) is 0 Å². The summed E-state index contributed by atoms with van der Waals surface area (Å²) >= 11 is 0. The second-order valence-corrected chi connectivity index (χ2v) is 23.5. The van der Waals surface area contributed by atoms with E-state index in [0.29, 0.717) is 25.9 Å². The zero-order valence-corrected chi connectivity index (χ0v) is 51.3. The minimum Gasteiger partial charge on any atom is -0.466 e. The lowest BCUT2D eigenvalue weighted by Crippen LogP contribution is -2.45. The SMILES string of the molecule is CCCCCCCCC/C=C\CCCCCCCC(=O)OCCCCCCCCCCC/C=C\C/C=C\CCCCCCCCCCCCCC(=O)NC(CO)C(O)CCCCCCCCCCCCCCCCCC. The third-order valence-electron chi connectivity index (χ3n) is 15.9. The molecule has 448 valence electrons. The van der Waals surface area contributed by atoms with Crippen LogP contribution in [0.15, 0.2) is 36.5 Å². The molecule has 0 aliphatic heterocycles. The number of aliphatic hydroxyl groups excluding tert-OH is 2. The van der Waals surface area contributed by atoms with Crippen molar-refractivity contribution in [3.63, 3.8) is 0 Å². The van der Waals surface area contributed by atoms with Crippen molar-refractivity contribution in [1.82, 2.24) is 5.32 Å². The number of carbonyl (C=O) groups is 2. The standard InChI is InChI=1S/C70H133NO5/c1-3-5-7-9-11-13-15-17-19-34-38-42-46-50-54-58-62-68(73)67(66-72)71-69(74)63-59-55-51-47-43-39-35-32-30-28-26-24-22-21-23-25-27-29-31-33-37-41-45-49-53-57-61-65-76-70(75)64-60-56-52-48-44-40-36-20-18-16-14-12-10-8-6-4-2/h20-22,25,27,36,67-68,72-73H,3-19,23-24,26,28-35,37-66H2,1-2H3,(H,71,74)/b22-21-,27-25-,36-20-.